The maximum atomic E-state index is 9.07. The molecule has 0 fully saturated rings. The lowest BCUT2D eigenvalue weighted by Crippen LogP contribution is -2.31. The number of aliphatic hydroxyl groups excluding tert-OH is 4. The Balaban J connectivity index is -0.000000853. The van der Waals surface area contributed by atoms with Crippen LogP contribution in [0.15, 0.2) is 151 Å². The van der Waals surface area contributed by atoms with E-state index in [0.717, 1.165) is 82.6 Å². The van der Waals surface area contributed by atoms with Crippen molar-refractivity contribution in [3.63, 3.8) is 0 Å². The van der Waals surface area contributed by atoms with Gasteiger partial charge in [-0.15, -0.1) is 0 Å². The highest BCUT2D eigenvalue weighted by atomic mass is 16.5. The van der Waals surface area contributed by atoms with Crippen LogP contribution in [0.4, 0.5) is 28.4 Å². The number of rotatable bonds is 46. The average Bonchev–Trinajstić information content (AvgIpc) is 0.806. The Hall–Kier alpha value is -6.49. The van der Waals surface area contributed by atoms with Crippen LogP contribution in [-0.4, -0.2) is 245 Å². The smallest absolute Gasteiger partial charge is 0.199 e. The van der Waals surface area contributed by atoms with Crippen molar-refractivity contribution in [2.45, 2.75) is 91.0 Å². The summed E-state index contributed by atoms with van der Waals surface area (Å²) in [5, 5.41) is 36.3. The lowest BCUT2D eigenvalue weighted by molar-refractivity contribution is -0.462. The molecule has 5 aromatic carbocycles. The minimum Gasteiger partial charge on any atom is -0.396 e. The van der Waals surface area contributed by atoms with Gasteiger partial charge in [-0.05, 0) is 137 Å². The Morgan fingerprint density at radius 3 is 0.800 bits per heavy atom. The number of methoxy groups -OCH3 is 4. The molecule has 0 saturated heterocycles. The summed E-state index contributed by atoms with van der Waals surface area (Å²) in [7, 11) is 15.1. The molecule has 18 nitrogen and oxygen atoms in total. The van der Waals surface area contributed by atoms with Gasteiger partial charge in [0, 0.05) is 194 Å². The Morgan fingerprint density at radius 2 is 0.570 bits per heavy atom. The largest absolute Gasteiger partial charge is 0.396 e. The number of anilines is 5. The van der Waals surface area contributed by atoms with Crippen LogP contribution in [0.25, 0.3) is 5.57 Å². The fraction of sp³-hybridized carbons (Fsp3) is 0.549. The van der Waals surface area contributed by atoms with E-state index < -0.39 is 0 Å². The van der Waals surface area contributed by atoms with Crippen molar-refractivity contribution in [3.8, 4) is 0 Å². The molecule has 4 N–H and O–H groups in total. The normalized spacial score (nSPS) is 11.2. The van der Waals surface area contributed by atoms with Crippen LogP contribution in [0, 0.1) is 0 Å². The Bertz CT molecular complexity index is 2790. The first kappa shape index (κ1) is 99.9. The Labute approximate surface area is 609 Å². The van der Waals surface area contributed by atoms with E-state index in [1.807, 2.05) is 0 Å². The molecule has 0 aromatic heterocycles. The van der Waals surface area contributed by atoms with Gasteiger partial charge in [0.25, 0.3) is 0 Å². The quantitative estimate of drug-likeness (QED) is 0.0164. The highest BCUT2D eigenvalue weighted by Crippen LogP contribution is 2.36. The molecule has 1 atom stereocenters. The van der Waals surface area contributed by atoms with E-state index >= 15 is 0 Å². The lowest BCUT2D eigenvalue weighted by Gasteiger charge is -2.27. The van der Waals surface area contributed by atoms with Gasteiger partial charge in [-0.25, -0.2) is 4.58 Å². The van der Waals surface area contributed by atoms with Gasteiger partial charge < -0.3 is 82.8 Å². The lowest BCUT2D eigenvalue weighted by atomic mass is 9.85. The maximum Gasteiger partial charge on any atom is 0.199 e. The summed E-state index contributed by atoms with van der Waals surface area (Å²) in [5.74, 6) is 0.0581. The molecule has 100 heavy (non-hydrogen) atoms. The van der Waals surface area contributed by atoms with Crippen LogP contribution < -0.4 is 24.5 Å². The molecule has 5 aromatic rings. The molecule has 0 radical (unpaired) electrons. The molecule has 0 amide bonds. The Morgan fingerprint density at radius 1 is 0.330 bits per heavy atom. The van der Waals surface area contributed by atoms with Gasteiger partial charge >= 0.3 is 0 Å². The molecule has 1 aliphatic rings. The number of ether oxygens (including phenoxy) is 8. The molecular weight excluding hydrogens is 1260 g/mol. The summed E-state index contributed by atoms with van der Waals surface area (Å²) >= 11 is 0. The van der Waals surface area contributed by atoms with Gasteiger partial charge in [0.05, 0.1) is 52.9 Å². The summed E-state index contributed by atoms with van der Waals surface area (Å²) in [6.45, 7) is 13.6. The van der Waals surface area contributed by atoms with Crippen LogP contribution >= 0.6 is 0 Å². The molecule has 0 bridgehead atoms. The number of nitrogens with zero attached hydrogens (tertiary/aromatic N) is 6. The van der Waals surface area contributed by atoms with E-state index in [2.05, 4.69) is 203 Å². The number of allylic oxidation sites excluding steroid dienone is 5. The first-order valence-electron chi connectivity index (χ1n) is 32.6. The summed E-state index contributed by atoms with van der Waals surface area (Å²) in [4.78, 5) is 11.2. The van der Waals surface area contributed by atoms with E-state index in [4.69, 9.17) is 58.3 Å². The zero-order valence-corrected chi connectivity index (χ0v) is 56.5. The molecule has 1 aliphatic carbocycles. The van der Waals surface area contributed by atoms with Crippen LogP contribution in [0.3, 0.4) is 0 Å². The van der Waals surface area contributed by atoms with Gasteiger partial charge in [-0.2, -0.15) is 0 Å². The molecule has 570 valence electrons. The number of benzene rings is 5. The summed E-state index contributed by atoms with van der Waals surface area (Å²) < 4.78 is 46.5. The van der Waals surface area contributed by atoms with Crippen molar-refractivity contribution in [3.05, 3.63) is 179 Å². The number of hydrogen-bond acceptors (Lipinski definition) is 17. The van der Waals surface area contributed by atoms with E-state index in [9.17, 15) is 0 Å². The molecule has 0 heterocycles. The van der Waals surface area contributed by atoms with Crippen molar-refractivity contribution in [1.29, 1.82) is 0 Å². The van der Waals surface area contributed by atoms with Crippen LogP contribution in [-0.2, 0) is 37.9 Å². The zero-order chi connectivity index (χ0) is 66.0. The molecule has 18 heteroatoms. The van der Waals surface area contributed by atoms with E-state index in [1.54, 1.807) is 28.4 Å². The topological polar surface area (TPSA) is 174 Å². The molecule has 0 aliphatic heterocycles. The highest BCUT2D eigenvalue weighted by Gasteiger charge is 2.21. The monoisotopic (exact) mass is 1400 g/mol. The second-order valence-electron chi connectivity index (χ2n) is 22.7. The third-order valence-electron chi connectivity index (χ3n) is 15.7. The fourth-order valence-electron chi connectivity index (χ4n) is 10.5. The van der Waals surface area contributed by atoms with Gasteiger partial charge in [0.2, 0.25) is 0 Å². The predicted molar refractivity (Wildman–Crippen MR) is 429 cm³/mol. The minimum atomic E-state index is 0. The summed E-state index contributed by atoms with van der Waals surface area (Å²) in [6.07, 6.45) is 11.2. The molecule has 0 saturated carbocycles. The molecule has 1 unspecified atom stereocenters. The van der Waals surface area contributed by atoms with Crippen LogP contribution in [0.5, 0.6) is 0 Å². The molecule has 6 rings (SSSR count). The van der Waals surface area contributed by atoms with Gasteiger partial charge in [-0.3, -0.25) is 0 Å². The van der Waals surface area contributed by atoms with Crippen molar-refractivity contribution in [2.24, 2.45) is 0 Å². The second-order valence-corrected chi connectivity index (χ2v) is 22.7. The van der Waals surface area contributed by atoms with E-state index in [-0.39, 0.29) is 91.8 Å². The van der Waals surface area contributed by atoms with Crippen LogP contribution in [0.2, 0.25) is 0 Å². The van der Waals surface area contributed by atoms with Gasteiger partial charge in [0.1, 0.15) is 14.1 Å². The van der Waals surface area contributed by atoms with Crippen molar-refractivity contribution in [2.75, 3.05) is 239 Å². The number of aliphatic hydroxyl groups is 4. The van der Waals surface area contributed by atoms with Crippen molar-refractivity contribution >= 4 is 39.7 Å². The zero-order valence-electron chi connectivity index (χ0n) is 56.5. The van der Waals surface area contributed by atoms with Gasteiger partial charge in [0.15, 0.2) is 5.71 Å². The van der Waals surface area contributed by atoms with Crippen molar-refractivity contribution < 1.29 is 62.9 Å². The second kappa shape index (κ2) is 60.1. The third kappa shape index (κ3) is 35.4. The predicted octanol–water partition coefficient (Wildman–Crippen LogP) is 13.8. The maximum absolute atomic E-state index is 9.07. The van der Waals surface area contributed by atoms with E-state index in [1.165, 1.54) is 16.7 Å². The molecular formula is C82H141N6O12+. The summed E-state index contributed by atoms with van der Waals surface area (Å²) in [5.41, 5.74) is 15.0. The Kier molecular flexibility index (Phi) is 60.1. The third-order valence-corrected chi connectivity index (χ3v) is 15.7. The molecule has 0 spiro atoms. The first-order chi connectivity index (χ1) is 45.0. The number of hydrogen-bond donors (Lipinski definition) is 4. The minimum absolute atomic E-state index is 0. The average molecular weight is 1400 g/mol. The fourth-order valence-corrected chi connectivity index (χ4v) is 10.5. The standard InChI is InChI=1S/C37H55N3O6.C37H54N3O6.8CH4/c2*1-38(2)34-13-7-31(8-14-34)37(32-9-15-35(16-10-32)39(19-27-43-3)20-28-44-4)33-11-17-36(18-12-33)40(21-29-45-25-5-23-41)22-30-46-26-6-24-42;;;;;;;;/h7-18,37,41-42H,5-6,19-30H2,1-4H3;7-18,41-42H,5-6,19-30H2,1-4H3;8*1H4/q;+1;;;;;;;;. The van der Waals surface area contributed by atoms with Crippen LogP contribution in [0.1, 0.15) is 119 Å². The first-order valence-corrected chi connectivity index (χ1v) is 32.6. The van der Waals surface area contributed by atoms with Gasteiger partial charge in [-0.1, -0.05) is 120 Å². The SMILES string of the molecule is C.C.C.C.C.C.C.C.COCCN(CCOC)c1ccc(C(=C2C=CC(=[N+](C)C)C=C2)c2ccc(N(CCOCCCO)CCOCCCO)cc2)cc1.COCCN(CCOC)c1ccc(C(c2ccc(N(C)C)cc2)c2ccc(N(CCOCCCO)CCOCCCO)cc2)cc1. The highest BCUT2D eigenvalue weighted by molar-refractivity contribution is 6.04. The van der Waals surface area contributed by atoms with Crippen molar-refractivity contribution in [1.82, 2.24) is 0 Å². The van der Waals surface area contributed by atoms with E-state index in [0.29, 0.717) is 131 Å². The summed E-state index contributed by atoms with van der Waals surface area (Å²) in [6, 6.07) is 44.0.